The second-order valence-corrected chi connectivity index (χ2v) is 6.18. The molecule has 0 unspecified atom stereocenters. The summed E-state index contributed by atoms with van der Waals surface area (Å²) in [5, 5.41) is 0. The number of nitrogens with zero attached hydrogens (tertiary/aromatic N) is 1. The van der Waals surface area contributed by atoms with Crippen LogP contribution < -0.4 is 0 Å². The van der Waals surface area contributed by atoms with E-state index in [4.69, 9.17) is 9.47 Å². The predicted molar refractivity (Wildman–Crippen MR) is 99.7 cm³/mol. The molecule has 4 heteroatoms. The fraction of sp³-hybridized carbons (Fsp3) is 0.318. The molecule has 26 heavy (non-hydrogen) atoms. The molecule has 2 aromatic rings. The summed E-state index contributed by atoms with van der Waals surface area (Å²) in [6.45, 7) is 3.41. The van der Waals surface area contributed by atoms with Crippen LogP contribution in [0.3, 0.4) is 0 Å². The molecule has 1 saturated heterocycles. The fourth-order valence-corrected chi connectivity index (χ4v) is 2.57. The number of aromatic nitrogens is 1. The Labute approximate surface area is 153 Å². The van der Waals surface area contributed by atoms with Gasteiger partial charge in [0.05, 0.1) is 18.9 Å². The Morgan fingerprint density at radius 2 is 1.92 bits per heavy atom. The normalized spacial score (nSPS) is 19.9. The second kappa shape index (κ2) is 9.28. The van der Waals surface area contributed by atoms with Crippen LogP contribution in [0.15, 0.2) is 54.7 Å². The Morgan fingerprint density at radius 3 is 2.58 bits per heavy atom. The SMILES string of the molecule is CCC/C=C/C1COC(C#Cc2ccc(-c3ccc(F)cc3)nc2)OC1. The van der Waals surface area contributed by atoms with Gasteiger partial charge in [-0.05, 0) is 48.7 Å². The Balaban J connectivity index is 1.55. The van der Waals surface area contributed by atoms with Gasteiger partial charge in [-0.3, -0.25) is 4.98 Å². The molecule has 1 aromatic heterocycles. The van der Waals surface area contributed by atoms with Gasteiger partial charge in [0.1, 0.15) is 5.82 Å². The molecule has 1 fully saturated rings. The molecule has 134 valence electrons. The van der Waals surface area contributed by atoms with Crippen molar-refractivity contribution in [3.8, 4) is 23.1 Å². The number of benzene rings is 1. The Kier molecular flexibility index (Phi) is 6.54. The van der Waals surface area contributed by atoms with Crippen molar-refractivity contribution in [3.63, 3.8) is 0 Å². The highest BCUT2D eigenvalue weighted by atomic mass is 19.1. The van der Waals surface area contributed by atoms with E-state index in [-0.39, 0.29) is 5.82 Å². The molecule has 0 N–H and O–H groups in total. The molecule has 0 bridgehead atoms. The van der Waals surface area contributed by atoms with Crippen LogP contribution in [0.1, 0.15) is 25.3 Å². The third kappa shape index (κ3) is 5.26. The minimum absolute atomic E-state index is 0.258. The van der Waals surface area contributed by atoms with Gasteiger partial charge in [-0.2, -0.15) is 0 Å². The van der Waals surface area contributed by atoms with Gasteiger partial charge in [0.2, 0.25) is 6.29 Å². The highest BCUT2D eigenvalue weighted by Crippen LogP contribution is 2.17. The number of hydrogen-bond donors (Lipinski definition) is 0. The molecule has 0 saturated carbocycles. The van der Waals surface area contributed by atoms with Gasteiger partial charge in [-0.15, -0.1) is 0 Å². The van der Waals surface area contributed by atoms with E-state index in [1.165, 1.54) is 12.1 Å². The summed E-state index contributed by atoms with van der Waals surface area (Å²) < 4.78 is 24.3. The molecule has 1 aromatic carbocycles. The summed E-state index contributed by atoms with van der Waals surface area (Å²) in [5.41, 5.74) is 2.43. The maximum Gasteiger partial charge on any atom is 0.222 e. The zero-order valence-corrected chi connectivity index (χ0v) is 14.8. The third-order valence-electron chi connectivity index (χ3n) is 4.02. The summed E-state index contributed by atoms with van der Waals surface area (Å²) in [4.78, 5) is 4.38. The van der Waals surface area contributed by atoms with E-state index in [1.807, 2.05) is 12.1 Å². The van der Waals surface area contributed by atoms with Crippen molar-refractivity contribution in [2.45, 2.75) is 26.1 Å². The van der Waals surface area contributed by atoms with Crippen molar-refractivity contribution in [3.05, 3.63) is 66.1 Å². The molecule has 0 amide bonds. The minimum atomic E-state index is -0.498. The number of allylic oxidation sites excluding steroid dienone is 1. The van der Waals surface area contributed by atoms with Crippen molar-refractivity contribution < 1.29 is 13.9 Å². The largest absolute Gasteiger partial charge is 0.341 e. The number of pyridine rings is 1. The first kappa shape index (κ1) is 18.3. The zero-order chi connectivity index (χ0) is 18.2. The molecule has 3 rings (SSSR count). The third-order valence-corrected chi connectivity index (χ3v) is 4.02. The zero-order valence-electron chi connectivity index (χ0n) is 14.8. The van der Waals surface area contributed by atoms with Crippen molar-refractivity contribution >= 4 is 0 Å². The van der Waals surface area contributed by atoms with Gasteiger partial charge in [0.25, 0.3) is 0 Å². The first-order chi connectivity index (χ1) is 12.7. The molecule has 0 radical (unpaired) electrons. The van der Waals surface area contributed by atoms with Gasteiger partial charge >= 0.3 is 0 Å². The summed E-state index contributed by atoms with van der Waals surface area (Å²) >= 11 is 0. The maximum atomic E-state index is 13.0. The lowest BCUT2D eigenvalue weighted by Gasteiger charge is -2.24. The van der Waals surface area contributed by atoms with Crippen LogP contribution in [0.2, 0.25) is 0 Å². The highest BCUT2D eigenvalue weighted by Gasteiger charge is 2.18. The smallest absolute Gasteiger partial charge is 0.222 e. The highest BCUT2D eigenvalue weighted by molar-refractivity contribution is 5.59. The quantitative estimate of drug-likeness (QED) is 0.597. The van der Waals surface area contributed by atoms with E-state index < -0.39 is 6.29 Å². The van der Waals surface area contributed by atoms with Crippen LogP contribution in [0.4, 0.5) is 4.39 Å². The Bertz CT molecular complexity index is 780. The molecular formula is C22H22FNO2. The van der Waals surface area contributed by atoms with Gasteiger partial charge in [0.15, 0.2) is 0 Å². The van der Waals surface area contributed by atoms with Crippen LogP contribution in [-0.4, -0.2) is 24.5 Å². The van der Waals surface area contributed by atoms with E-state index in [0.717, 1.165) is 29.7 Å². The number of unbranched alkanes of at least 4 members (excludes halogenated alkanes) is 1. The molecule has 0 atom stereocenters. The number of rotatable bonds is 4. The molecule has 1 aliphatic rings. The Morgan fingerprint density at radius 1 is 1.15 bits per heavy atom. The van der Waals surface area contributed by atoms with Gasteiger partial charge < -0.3 is 9.47 Å². The maximum absolute atomic E-state index is 13.0. The molecule has 0 spiro atoms. The molecule has 3 nitrogen and oxygen atoms in total. The van der Waals surface area contributed by atoms with Crippen molar-refractivity contribution in [2.75, 3.05) is 13.2 Å². The first-order valence-corrected chi connectivity index (χ1v) is 8.88. The number of halogens is 1. The van der Waals surface area contributed by atoms with E-state index in [0.29, 0.717) is 19.1 Å². The summed E-state index contributed by atoms with van der Waals surface area (Å²) in [6, 6.07) is 10.0. The lowest BCUT2D eigenvalue weighted by Crippen LogP contribution is -2.30. The van der Waals surface area contributed by atoms with Crippen LogP contribution in [0.25, 0.3) is 11.3 Å². The monoisotopic (exact) mass is 351 g/mol. The number of ether oxygens (including phenoxy) is 2. The fourth-order valence-electron chi connectivity index (χ4n) is 2.57. The first-order valence-electron chi connectivity index (χ1n) is 8.88. The molecule has 0 aliphatic carbocycles. The molecule has 1 aliphatic heterocycles. The summed E-state index contributed by atoms with van der Waals surface area (Å²) in [7, 11) is 0. The van der Waals surface area contributed by atoms with E-state index >= 15 is 0 Å². The van der Waals surface area contributed by atoms with Crippen molar-refractivity contribution in [1.29, 1.82) is 0 Å². The lowest BCUT2D eigenvalue weighted by atomic mass is 10.1. The summed E-state index contributed by atoms with van der Waals surface area (Å²) in [6.07, 6.45) is 7.77. The Hall–Kier alpha value is -2.48. The standard InChI is InChI=1S/C22H22FNO2/c1-2-3-4-5-18-15-25-22(26-16-18)13-7-17-6-12-21(24-14-17)19-8-10-20(23)11-9-19/h4-6,8-12,14,18,22H,2-3,15-16H2,1H3/b5-4+. The predicted octanol–water partition coefficient (Wildman–Crippen LogP) is 4.58. The van der Waals surface area contributed by atoms with Gasteiger partial charge in [-0.25, -0.2) is 4.39 Å². The van der Waals surface area contributed by atoms with Crippen LogP contribution in [0.5, 0.6) is 0 Å². The number of hydrogen-bond acceptors (Lipinski definition) is 3. The van der Waals surface area contributed by atoms with Crippen molar-refractivity contribution in [2.24, 2.45) is 5.92 Å². The van der Waals surface area contributed by atoms with Gasteiger partial charge in [-0.1, -0.05) is 31.4 Å². The van der Waals surface area contributed by atoms with Crippen molar-refractivity contribution in [1.82, 2.24) is 4.98 Å². The average molecular weight is 351 g/mol. The van der Waals surface area contributed by atoms with E-state index in [1.54, 1.807) is 18.3 Å². The van der Waals surface area contributed by atoms with Crippen LogP contribution in [-0.2, 0) is 9.47 Å². The lowest BCUT2D eigenvalue weighted by molar-refractivity contribution is -0.160. The minimum Gasteiger partial charge on any atom is -0.341 e. The van der Waals surface area contributed by atoms with E-state index in [2.05, 4.69) is 35.9 Å². The van der Waals surface area contributed by atoms with E-state index in [9.17, 15) is 4.39 Å². The molecular weight excluding hydrogens is 329 g/mol. The van der Waals surface area contributed by atoms with Crippen LogP contribution in [0, 0.1) is 23.6 Å². The molecule has 2 heterocycles. The van der Waals surface area contributed by atoms with Gasteiger partial charge in [0, 0.05) is 23.2 Å². The second-order valence-electron chi connectivity index (χ2n) is 6.18. The summed E-state index contributed by atoms with van der Waals surface area (Å²) in [5.74, 6) is 6.06. The topological polar surface area (TPSA) is 31.4 Å². The van der Waals surface area contributed by atoms with Crippen LogP contribution >= 0.6 is 0 Å². The average Bonchev–Trinajstić information content (AvgIpc) is 2.69.